The van der Waals surface area contributed by atoms with Gasteiger partial charge in [0.2, 0.25) is 10.0 Å². The average molecular weight is 459 g/mol. The highest BCUT2D eigenvalue weighted by molar-refractivity contribution is 7.92. The van der Waals surface area contributed by atoms with Gasteiger partial charge in [0.1, 0.15) is 17.1 Å². The quantitative estimate of drug-likeness (QED) is 0.738. The monoisotopic (exact) mass is 458 g/mol. The van der Waals surface area contributed by atoms with Gasteiger partial charge in [0.25, 0.3) is 5.91 Å². The number of carbonyl (C=O) groups excluding carboxylic acids is 1. The fourth-order valence-electron chi connectivity index (χ4n) is 4.51. The summed E-state index contributed by atoms with van der Waals surface area (Å²) in [4.78, 5) is 13.3. The number of nitrogens with zero attached hydrogens (tertiary/aromatic N) is 1. The molecule has 2 aliphatic heterocycles. The number of hydrogen-bond donors (Lipinski definition) is 1. The molecular weight excluding hydrogens is 428 g/mol. The maximum atomic E-state index is 13.3. The first-order chi connectivity index (χ1) is 15.2. The molecule has 2 heterocycles. The molecule has 0 saturated carbocycles. The molecule has 172 valence electrons. The standard InChI is InChI=1S/C24H30N2O5S/c1-5-24(6-2)14-18(17-9-7-8-10-20(17)31-24)25-23(27)22-15-26(32(4,28)29)19-13-16(3)11-12-21(19)30-22/h7-13,18,22H,5-6,14-15H2,1-4H3,(H,25,27)/t18-,22-/m0/s1. The van der Waals surface area contributed by atoms with Crippen molar-refractivity contribution in [3.63, 3.8) is 0 Å². The van der Waals surface area contributed by atoms with Gasteiger partial charge in [-0.1, -0.05) is 38.1 Å². The summed E-state index contributed by atoms with van der Waals surface area (Å²) in [5.41, 5.74) is 1.94. The fourth-order valence-corrected chi connectivity index (χ4v) is 5.41. The first kappa shape index (κ1) is 22.5. The van der Waals surface area contributed by atoms with Gasteiger partial charge in [-0.25, -0.2) is 8.42 Å². The third-order valence-electron chi connectivity index (χ3n) is 6.48. The summed E-state index contributed by atoms with van der Waals surface area (Å²) in [6.07, 6.45) is 2.47. The molecule has 1 N–H and O–H groups in total. The van der Waals surface area contributed by atoms with Crippen molar-refractivity contribution in [3.05, 3.63) is 53.6 Å². The van der Waals surface area contributed by atoms with Crippen LogP contribution in [0.15, 0.2) is 42.5 Å². The van der Waals surface area contributed by atoms with Crippen LogP contribution in [0.5, 0.6) is 11.5 Å². The van der Waals surface area contributed by atoms with Crippen LogP contribution < -0.4 is 19.1 Å². The molecule has 0 radical (unpaired) electrons. The normalized spacial score (nSPS) is 21.6. The highest BCUT2D eigenvalue weighted by Crippen LogP contribution is 2.43. The van der Waals surface area contributed by atoms with E-state index in [9.17, 15) is 13.2 Å². The van der Waals surface area contributed by atoms with E-state index in [2.05, 4.69) is 19.2 Å². The molecular formula is C24H30N2O5S. The highest BCUT2D eigenvalue weighted by atomic mass is 32.2. The van der Waals surface area contributed by atoms with E-state index in [4.69, 9.17) is 9.47 Å². The number of benzene rings is 2. The third-order valence-corrected chi connectivity index (χ3v) is 7.63. The minimum atomic E-state index is -3.58. The Morgan fingerprint density at radius 2 is 1.88 bits per heavy atom. The average Bonchev–Trinajstić information content (AvgIpc) is 2.77. The molecule has 2 atom stereocenters. The molecule has 8 heteroatoms. The molecule has 32 heavy (non-hydrogen) atoms. The zero-order valence-electron chi connectivity index (χ0n) is 18.9. The minimum absolute atomic E-state index is 0.0707. The molecule has 1 amide bonds. The van der Waals surface area contributed by atoms with Gasteiger partial charge in [-0.05, 0) is 43.5 Å². The Bertz CT molecular complexity index is 1130. The van der Waals surface area contributed by atoms with Crippen LogP contribution in [0.3, 0.4) is 0 Å². The number of aryl methyl sites for hydroxylation is 1. The number of nitrogens with one attached hydrogen (secondary N) is 1. The van der Waals surface area contributed by atoms with Crippen molar-refractivity contribution in [3.8, 4) is 11.5 Å². The molecule has 2 aromatic carbocycles. The lowest BCUT2D eigenvalue weighted by Crippen LogP contribution is -2.52. The molecule has 0 bridgehead atoms. The molecule has 0 aliphatic carbocycles. The van der Waals surface area contributed by atoms with E-state index in [1.807, 2.05) is 37.3 Å². The van der Waals surface area contributed by atoms with Gasteiger partial charge < -0.3 is 14.8 Å². The molecule has 0 unspecified atom stereocenters. The number of amides is 1. The number of anilines is 1. The third kappa shape index (κ3) is 4.16. The highest BCUT2D eigenvalue weighted by Gasteiger charge is 2.41. The molecule has 2 aliphatic rings. The summed E-state index contributed by atoms with van der Waals surface area (Å²) in [7, 11) is -3.58. The molecule has 0 fully saturated rings. The van der Waals surface area contributed by atoms with Crippen LogP contribution in [-0.2, 0) is 14.8 Å². The van der Waals surface area contributed by atoms with E-state index in [0.717, 1.165) is 36.0 Å². The maximum absolute atomic E-state index is 13.3. The Kier molecular flexibility index (Phi) is 5.83. The first-order valence-electron chi connectivity index (χ1n) is 11.0. The lowest BCUT2D eigenvalue weighted by molar-refractivity contribution is -0.129. The maximum Gasteiger partial charge on any atom is 0.263 e. The smallest absolute Gasteiger partial charge is 0.263 e. The zero-order chi connectivity index (χ0) is 23.1. The van der Waals surface area contributed by atoms with Gasteiger partial charge in [-0.15, -0.1) is 0 Å². The molecule has 0 aromatic heterocycles. The van der Waals surface area contributed by atoms with E-state index in [0.29, 0.717) is 17.9 Å². The van der Waals surface area contributed by atoms with Crippen LogP contribution in [-0.4, -0.2) is 38.8 Å². The molecule has 0 saturated heterocycles. The Morgan fingerprint density at radius 1 is 1.16 bits per heavy atom. The van der Waals surface area contributed by atoms with Crippen LogP contribution in [0.1, 0.15) is 50.3 Å². The van der Waals surface area contributed by atoms with Crippen LogP contribution in [0.4, 0.5) is 5.69 Å². The Morgan fingerprint density at radius 3 is 2.56 bits per heavy atom. The van der Waals surface area contributed by atoms with Crippen molar-refractivity contribution < 1.29 is 22.7 Å². The molecule has 7 nitrogen and oxygen atoms in total. The van der Waals surface area contributed by atoms with E-state index in [1.54, 1.807) is 12.1 Å². The fraction of sp³-hybridized carbons (Fsp3) is 0.458. The second-order valence-corrected chi connectivity index (χ2v) is 10.6. The molecule has 4 rings (SSSR count). The van der Waals surface area contributed by atoms with E-state index >= 15 is 0 Å². The second-order valence-electron chi connectivity index (χ2n) is 8.67. The Labute approximate surface area is 189 Å². The number of sulfonamides is 1. The summed E-state index contributed by atoms with van der Waals surface area (Å²) in [5, 5.41) is 3.12. The van der Waals surface area contributed by atoms with Crippen molar-refractivity contribution >= 4 is 21.6 Å². The van der Waals surface area contributed by atoms with Gasteiger partial charge in [0.15, 0.2) is 6.10 Å². The number of fused-ring (bicyclic) bond motifs is 2. The SMILES string of the molecule is CCC1(CC)C[C@H](NC(=O)[C@@H]2CN(S(C)(=O)=O)c3cc(C)ccc3O2)c2ccccc2O1. The van der Waals surface area contributed by atoms with Crippen LogP contribution in [0, 0.1) is 6.92 Å². The first-order valence-corrected chi connectivity index (χ1v) is 12.8. The predicted octanol–water partition coefficient (Wildman–Crippen LogP) is 3.72. The van der Waals surface area contributed by atoms with Crippen molar-refractivity contribution in [2.75, 3.05) is 17.1 Å². The van der Waals surface area contributed by atoms with Crippen LogP contribution in [0.2, 0.25) is 0 Å². The predicted molar refractivity (Wildman–Crippen MR) is 124 cm³/mol. The Balaban J connectivity index is 1.62. The summed E-state index contributed by atoms with van der Waals surface area (Å²) in [6.45, 7) is 5.99. The van der Waals surface area contributed by atoms with Gasteiger partial charge in [-0.3, -0.25) is 9.10 Å². The van der Waals surface area contributed by atoms with Crippen molar-refractivity contribution in [1.82, 2.24) is 5.32 Å². The van der Waals surface area contributed by atoms with E-state index < -0.39 is 16.1 Å². The topological polar surface area (TPSA) is 84.9 Å². The van der Waals surface area contributed by atoms with Gasteiger partial charge >= 0.3 is 0 Å². The number of rotatable bonds is 5. The second kappa shape index (κ2) is 8.31. The van der Waals surface area contributed by atoms with Crippen molar-refractivity contribution in [2.45, 2.75) is 57.8 Å². The minimum Gasteiger partial charge on any atom is -0.487 e. The number of ether oxygens (including phenoxy) is 2. The number of para-hydroxylation sites is 1. The van der Waals surface area contributed by atoms with Crippen LogP contribution in [0.25, 0.3) is 0 Å². The number of carbonyl (C=O) groups is 1. The summed E-state index contributed by atoms with van der Waals surface area (Å²) >= 11 is 0. The summed E-state index contributed by atoms with van der Waals surface area (Å²) in [5.74, 6) is 0.819. The van der Waals surface area contributed by atoms with Gasteiger partial charge in [0, 0.05) is 12.0 Å². The van der Waals surface area contributed by atoms with Gasteiger partial charge in [0.05, 0.1) is 24.5 Å². The largest absolute Gasteiger partial charge is 0.487 e. The summed E-state index contributed by atoms with van der Waals surface area (Å²) in [6, 6.07) is 12.8. The van der Waals surface area contributed by atoms with Crippen molar-refractivity contribution in [2.24, 2.45) is 0 Å². The molecule has 0 spiro atoms. The number of hydrogen-bond acceptors (Lipinski definition) is 5. The Hall–Kier alpha value is -2.74. The van der Waals surface area contributed by atoms with Crippen molar-refractivity contribution in [1.29, 1.82) is 0 Å². The zero-order valence-corrected chi connectivity index (χ0v) is 19.7. The van der Waals surface area contributed by atoms with Gasteiger partial charge in [-0.2, -0.15) is 0 Å². The van der Waals surface area contributed by atoms with Crippen LogP contribution >= 0.6 is 0 Å². The van der Waals surface area contributed by atoms with E-state index in [-0.39, 0.29) is 24.1 Å². The lowest BCUT2D eigenvalue weighted by Gasteiger charge is -2.42. The lowest BCUT2D eigenvalue weighted by atomic mass is 9.83. The van der Waals surface area contributed by atoms with E-state index in [1.165, 1.54) is 4.31 Å². The summed E-state index contributed by atoms with van der Waals surface area (Å²) < 4.78 is 38.5. The molecule has 2 aromatic rings.